The molecule has 0 aliphatic heterocycles. The molecule has 4 nitrogen and oxygen atoms in total. The summed E-state index contributed by atoms with van der Waals surface area (Å²) >= 11 is 0. The molecule has 18 heavy (non-hydrogen) atoms. The van der Waals surface area contributed by atoms with Gasteiger partial charge in [0, 0.05) is 26.2 Å². The van der Waals surface area contributed by atoms with Gasteiger partial charge >= 0.3 is 0 Å². The topological polar surface area (TPSA) is 45.7 Å². The summed E-state index contributed by atoms with van der Waals surface area (Å²) in [5, 5.41) is 6.49. The predicted molar refractivity (Wildman–Crippen MR) is 90.0 cm³/mol. The minimum atomic E-state index is 0. The van der Waals surface area contributed by atoms with Crippen LogP contribution < -0.4 is 10.6 Å². The third-order valence-electron chi connectivity index (χ3n) is 2.12. The number of ether oxygens (including phenoxy) is 1. The van der Waals surface area contributed by atoms with Gasteiger partial charge < -0.3 is 15.4 Å². The van der Waals surface area contributed by atoms with Crippen molar-refractivity contribution in [1.82, 2.24) is 10.6 Å². The molecule has 0 aliphatic rings. The van der Waals surface area contributed by atoms with Crippen molar-refractivity contribution in [2.45, 2.75) is 40.5 Å². The van der Waals surface area contributed by atoms with Crippen molar-refractivity contribution in [2.24, 2.45) is 10.9 Å². The Hall–Kier alpha value is -0.0400. The summed E-state index contributed by atoms with van der Waals surface area (Å²) in [5.41, 5.74) is 0. The maximum Gasteiger partial charge on any atom is 0.191 e. The first-order valence-corrected chi connectivity index (χ1v) is 6.80. The quantitative estimate of drug-likeness (QED) is 0.284. The minimum absolute atomic E-state index is 0. The standard InChI is InChI=1S/C13H29N3O.HI/c1-5-7-8-15-13(14-6-2)16-9-10-17-11-12(3)4;/h12H,5-11H2,1-4H3,(H2,14,15,16);1H. The summed E-state index contributed by atoms with van der Waals surface area (Å²) < 4.78 is 5.50. The highest BCUT2D eigenvalue weighted by molar-refractivity contribution is 14.0. The minimum Gasteiger partial charge on any atom is -0.379 e. The van der Waals surface area contributed by atoms with E-state index < -0.39 is 0 Å². The van der Waals surface area contributed by atoms with Crippen molar-refractivity contribution in [3.63, 3.8) is 0 Å². The van der Waals surface area contributed by atoms with E-state index in [1.165, 1.54) is 6.42 Å². The van der Waals surface area contributed by atoms with Gasteiger partial charge in [-0.2, -0.15) is 0 Å². The highest BCUT2D eigenvalue weighted by Crippen LogP contribution is 1.91. The van der Waals surface area contributed by atoms with E-state index in [1.807, 2.05) is 0 Å². The van der Waals surface area contributed by atoms with Crippen molar-refractivity contribution in [2.75, 3.05) is 32.8 Å². The van der Waals surface area contributed by atoms with Crippen LogP contribution in [0.15, 0.2) is 4.99 Å². The zero-order chi connectivity index (χ0) is 12.9. The first-order chi connectivity index (χ1) is 8.20. The lowest BCUT2D eigenvalue weighted by atomic mass is 10.2. The molecule has 0 unspecified atom stereocenters. The van der Waals surface area contributed by atoms with Gasteiger partial charge in [-0.15, -0.1) is 24.0 Å². The number of guanidine groups is 1. The molecule has 0 aromatic heterocycles. The normalized spacial score (nSPS) is 11.3. The number of hydrogen-bond acceptors (Lipinski definition) is 2. The highest BCUT2D eigenvalue weighted by Gasteiger charge is 1.97. The lowest BCUT2D eigenvalue weighted by Crippen LogP contribution is -2.39. The van der Waals surface area contributed by atoms with Crippen LogP contribution in [0.3, 0.4) is 0 Å². The zero-order valence-corrected chi connectivity index (χ0v) is 14.6. The number of unbranched alkanes of at least 4 members (excludes halogenated alkanes) is 1. The molecule has 0 saturated carbocycles. The molecule has 5 heteroatoms. The van der Waals surface area contributed by atoms with Gasteiger partial charge in [0.2, 0.25) is 0 Å². The largest absolute Gasteiger partial charge is 0.379 e. The van der Waals surface area contributed by atoms with Crippen molar-refractivity contribution >= 4 is 29.9 Å². The Kier molecular flexibility index (Phi) is 16.9. The Bertz CT molecular complexity index is 199. The average Bonchev–Trinajstić information content (AvgIpc) is 2.28. The van der Waals surface area contributed by atoms with Crippen LogP contribution in [0.4, 0.5) is 0 Å². The first-order valence-electron chi connectivity index (χ1n) is 6.80. The number of halogens is 1. The van der Waals surface area contributed by atoms with E-state index in [2.05, 4.69) is 43.3 Å². The molecule has 0 radical (unpaired) electrons. The lowest BCUT2D eigenvalue weighted by Gasteiger charge is -2.12. The van der Waals surface area contributed by atoms with Crippen LogP contribution in [0, 0.1) is 5.92 Å². The number of nitrogens with zero attached hydrogens (tertiary/aromatic N) is 1. The molecule has 0 aromatic carbocycles. The second kappa shape index (κ2) is 15.0. The van der Waals surface area contributed by atoms with Crippen LogP contribution in [0.1, 0.15) is 40.5 Å². The van der Waals surface area contributed by atoms with E-state index in [1.54, 1.807) is 0 Å². The lowest BCUT2D eigenvalue weighted by molar-refractivity contribution is 0.114. The molecule has 0 fully saturated rings. The second-order valence-corrected chi connectivity index (χ2v) is 4.51. The van der Waals surface area contributed by atoms with Gasteiger partial charge in [0.1, 0.15) is 0 Å². The van der Waals surface area contributed by atoms with Crippen molar-refractivity contribution in [1.29, 1.82) is 0 Å². The van der Waals surface area contributed by atoms with E-state index >= 15 is 0 Å². The molecule has 0 spiro atoms. The monoisotopic (exact) mass is 371 g/mol. The molecule has 0 bridgehead atoms. The van der Waals surface area contributed by atoms with E-state index in [-0.39, 0.29) is 24.0 Å². The van der Waals surface area contributed by atoms with E-state index in [0.717, 1.165) is 45.2 Å². The summed E-state index contributed by atoms with van der Waals surface area (Å²) in [6.45, 7) is 12.7. The molecule has 0 aliphatic carbocycles. The molecule has 0 heterocycles. The SMILES string of the molecule is CCCCN=C(NCC)NCCOCC(C)C.I. The molecular weight excluding hydrogens is 341 g/mol. The number of hydrogen-bond donors (Lipinski definition) is 2. The van der Waals surface area contributed by atoms with E-state index in [4.69, 9.17) is 4.74 Å². The smallest absolute Gasteiger partial charge is 0.191 e. The van der Waals surface area contributed by atoms with Gasteiger partial charge in [-0.25, -0.2) is 0 Å². The molecule has 0 rings (SSSR count). The van der Waals surface area contributed by atoms with Gasteiger partial charge in [0.25, 0.3) is 0 Å². The van der Waals surface area contributed by atoms with Crippen LogP contribution in [0.5, 0.6) is 0 Å². The molecule has 2 N–H and O–H groups in total. The van der Waals surface area contributed by atoms with Crippen LogP contribution in [0.25, 0.3) is 0 Å². The van der Waals surface area contributed by atoms with Crippen molar-refractivity contribution in [3.8, 4) is 0 Å². The number of rotatable bonds is 9. The van der Waals surface area contributed by atoms with Crippen molar-refractivity contribution in [3.05, 3.63) is 0 Å². The highest BCUT2D eigenvalue weighted by atomic mass is 127. The number of nitrogens with one attached hydrogen (secondary N) is 2. The molecule has 0 aromatic rings. The van der Waals surface area contributed by atoms with Gasteiger partial charge in [-0.1, -0.05) is 27.2 Å². The van der Waals surface area contributed by atoms with E-state index in [0.29, 0.717) is 5.92 Å². The molecule has 0 atom stereocenters. The Morgan fingerprint density at radius 1 is 1.22 bits per heavy atom. The van der Waals surface area contributed by atoms with Crippen molar-refractivity contribution < 1.29 is 4.74 Å². The van der Waals surface area contributed by atoms with Gasteiger partial charge in [-0.05, 0) is 19.3 Å². The van der Waals surface area contributed by atoms with Gasteiger partial charge in [0.05, 0.1) is 6.61 Å². The van der Waals surface area contributed by atoms with Crippen LogP contribution in [-0.2, 0) is 4.74 Å². The van der Waals surface area contributed by atoms with Gasteiger partial charge in [0.15, 0.2) is 5.96 Å². The second-order valence-electron chi connectivity index (χ2n) is 4.51. The van der Waals surface area contributed by atoms with Crippen LogP contribution >= 0.6 is 24.0 Å². The van der Waals surface area contributed by atoms with Crippen LogP contribution in [0.2, 0.25) is 0 Å². The Balaban J connectivity index is 0. The predicted octanol–water partition coefficient (Wildman–Crippen LogP) is 2.63. The summed E-state index contributed by atoms with van der Waals surface area (Å²) in [7, 11) is 0. The molecule has 110 valence electrons. The maximum atomic E-state index is 5.50. The summed E-state index contributed by atoms with van der Waals surface area (Å²) in [6.07, 6.45) is 2.32. The molecule has 0 saturated heterocycles. The molecule has 0 amide bonds. The fourth-order valence-electron chi connectivity index (χ4n) is 1.25. The molecular formula is C13H30IN3O. The summed E-state index contributed by atoms with van der Waals surface area (Å²) in [5.74, 6) is 1.50. The third kappa shape index (κ3) is 14.0. The Morgan fingerprint density at radius 2 is 1.94 bits per heavy atom. The zero-order valence-electron chi connectivity index (χ0n) is 12.3. The third-order valence-corrected chi connectivity index (χ3v) is 2.12. The summed E-state index contributed by atoms with van der Waals surface area (Å²) in [4.78, 5) is 4.47. The Labute approximate surface area is 129 Å². The summed E-state index contributed by atoms with van der Waals surface area (Å²) in [6, 6.07) is 0. The fourth-order valence-corrected chi connectivity index (χ4v) is 1.25. The first kappa shape index (κ1) is 20.3. The maximum absolute atomic E-state index is 5.50. The average molecular weight is 371 g/mol. The Morgan fingerprint density at radius 3 is 2.50 bits per heavy atom. The fraction of sp³-hybridized carbons (Fsp3) is 0.923. The van der Waals surface area contributed by atoms with Crippen LogP contribution in [-0.4, -0.2) is 38.8 Å². The van der Waals surface area contributed by atoms with Gasteiger partial charge in [-0.3, -0.25) is 4.99 Å². The van der Waals surface area contributed by atoms with E-state index in [9.17, 15) is 0 Å². The number of aliphatic imine (C=N–C) groups is 1.